The molecule has 7 nitrogen and oxygen atoms in total. The average molecular weight is 453 g/mol. The molecule has 0 spiro atoms. The van der Waals surface area contributed by atoms with Crippen LogP contribution >= 0.6 is 11.3 Å². The van der Waals surface area contributed by atoms with E-state index in [1.165, 1.54) is 7.11 Å². The summed E-state index contributed by atoms with van der Waals surface area (Å²) in [4.78, 5) is 29.6. The van der Waals surface area contributed by atoms with Gasteiger partial charge in [0.15, 0.2) is 23.2 Å². The monoisotopic (exact) mass is 452 g/mol. The quantitative estimate of drug-likeness (QED) is 0.353. The molecule has 0 fully saturated rings. The summed E-state index contributed by atoms with van der Waals surface area (Å²) in [6, 6.07) is 14.7. The Labute approximate surface area is 190 Å². The fourth-order valence-electron chi connectivity index (χ4n) is 2.92. The zero-order chi connectivity index (χ0) is 22.9. The average Bonchev–Trinajstić information content (AvgIpc) is 3.23. The number of carbonyl (C=O) groups excluding carboxylic acids is 2. The van der Waals surface area contributed by atoms with E-state index in [0.717, 1.165) is 22.5 Å². The first-order valence-corrected chi connectivity index (χ1v) is 10.8. The number of hydrogen-bond acceptors (Lipinski definition) is 7. The van der Waals surface area contributed by atoms with Crippen LogP contribution in [-0.4, -0.2) is 37.2 Å². The van der Waals surface area contributed by atoms with Crippen LogP contribution in [0, 0.1) is 0 Å². The topological polar surface area (TPSA) is 86.8 Å². The van der Waals surface area contributed by atoms with Gasteiger partial charge < -0.3 is 14.2 Å². The third-order valence-electron chi connectivity index (χ3n) is 4.35. The van der Waals surface area contributed by atoms with E-state index in [1.807, 2.05) is 42.5 Å². The second kappa shape index (κ2) is 11.1. The summed E-state index contributed by atoms with van der Waals surface area (Å²) < 4.78 is 16.1. The first kappa shape index (κ1) is 23.0. The van der Waals surface area contributed by atoms with Crippen molar-refractivity contribution < 1.29 is 23.8 Å². The molecule has 166 valence electrons. The highest BCUT2D eigenvalue weighted by Gasteiger charge is 2.21. The Morgan fingerprint density at radius 1 is 1.16 bits per heavy atom. The molecule has 0 unspecified atom stereocenters. The Balaban J connectivity index is 1.72. The highest BCUT2D eigenvalue weighted by Crippen LogP contribution is 2.32. The molecule has 8 heteroatoms. The fraction of sp³-hybridized carbons (Fsp3) is 0.208. The number of allylic oxidation sites excluding steroid dienone is 1. The molecule has 0 atom stereocenters. The Morgan fingerprint density at radius 2 is 1.94 bits per heavy atom. The van der Waals surface area contributed by atoms with Gasteiger partial charge in [-0.05, 0) is 31.0 Å². The summed E-state index contributed by atoms with van der Waals surface area (Å²) in [6.45, 7) is 5.46. The lowest BCUT2D eigenvalue weighted by atomic mass is 10.1. The molecule has 1 heterocycles. The standard InChI is InChI=1S/C24H24N2O5S/c1-4-9-16-12-13-18(19(14-16)29-3)31-15-20(27)25-24-26-21(17-10-7-6-8-11-17)22(32-24)23(28)30-5-2/h4,6-8,10-14H,1,5,9,15H2,2-3H3,(H,25,26,27). The van der Waals surface area contributed by atoms with Crippen molar-refractivity contribution in [1.82, 2.24) is 4.98 Å². The van der Waals surface area contributed by atoms with Crippen molar-refractivity contribution in [2.75, 3.05) is 25.6 Å². The van der Waals surface area contributed by atoms with Crippen LogP contribution in [-0.2, 0) is 16.0 Å². The van der Waals surface area contributed by atoms with Crippen LogP contribution in [0.3, 0.4) is 0 Å². The van der Waals surface area contributed by atoms with E-state index in [-0.39, 0.29) is 18.3 Å². The van der Waals surface area contributed by atoms with Crippen LogP contribution in [0.1, 0.15) is 22.2 Å². The molecule has 32 heavy (non-hydrogen) atoms. The third-order valence-corrected chi connectivity index (χ3v) is 5.30. The fourth-order valence-corrected chi connectivity index (χ4v) is 3.82. The number of ether oxygens (including phenoxy) is 3. The Kier molecular flexibility index (Phi) is 7.99. The maximum Gasteiger partial charge on any atom is 0.350 e. The van der Waals surface area contributed by atoms with Crippen molar-refractivity contribution in [2.24, 2.45) is 0 Å². The summed E-state index contributed by atoms with van der Waals surface area (Å²) in [5, 5.41) is 2.98. The second-order valence-electron chi connectivity index (χ2n) is 6.60. The first-order chi connectivity index (χ1) is 15.5. The molecule has 0 saturated heterocycles. The summed E-state index contributed by atoms with van der Waals surface area (Å²) in [7, 11) is 1.54. The number of nitrogens with one attached hydrogen (secondary N) is 1. The highest BCUT2D eigenvalue weighted by atomic mass is 32.1. The number of esters is 1. The van der Waals surface area contributed by atoms with E-state index in [2.05, 4.69) is 16.9 Å². The number of benzene rings is 2. The van der Waals surface area contributed by atoms with Crippen LogP contribution in [0.5, 0.6) is 11.5 Å². The molecule has 1 N–H and O–H groups in total. The van der Waals surface area contributed by atoms with E-state index in [9.17, 15) is 9.59 Å². The number of nitrogens with zero attached hydrogens (tertiary/aromatic N) is 1. The summed E-state index contributed by atoms with van der Waals surface area (Å²) in [5.41, 5.74) is 2.24. The molecule has 0 radical (unpaired) electrons. The molecule has 0 aliphatic carbocycles. The zero-order valence-electron chi connectivity index (χ0n) is 17.9. The van der Waals surface area contributed by atoms with E-state index < -0.39 is 11.9 Å². The van der Waals surface area contributed by atoms with Crippen molar-refractivity contribution in [3.63, 3.8) is 0 Å². The van der Waals surface area contributed by atoms with Crippen molar-refractivity contribution in [2.45, 2.75) is 13.3 Å². The van der Waals surface area contributed by atoms with Crippen molar-refractivity contribution in [3.8, 4) is 22.8 Å². The summed E-state index contributed by atoms with van der Waals surface area (Å²) in [6.07, 6.45) is 2.50. The van der Waals surface area contributed by atoms with E-state index in [0.29, 0.717) is 28.5 Å². The molecule has 1 aromatic heterocycles. The SMILES string of the molecule is C=CCc1ccc(OCC(=O)Nc2nc(-c3ccccc3)c(C(=O)OCC)s2)c(OC)c1. The van der Waals surface area contributed by atoms with Gasteiger partial charge in [0.2, 0.25) is 0 Å². The number of rotatable bonds is 10. The molecule has 3 aromatic rings. The zero-order valence-corrected chi connectivity index (χ0v) is 18.7. The normalized spacial score (nSPS) is 10.3. The number of methoxy groups -OCH3 is 1. The molecular weight excluding hydrogens is 428 g/mol. The van der Waals surface area contributed by atoms with Crippen molar-refractivity contribution in [1.29, 1.82) is 0 Å². The predicted octanol–water partition coefficient (Wildman–Crippen LogP) is 4.74. The van der Waals surface area contributed by atoms with Crippen molar-refractivity contribution >= 4 is 28.3 Å². The van der Waals surface area contributed by atoms with Gasteiger partial charge in [0.25, 0.3) is 5.91 Å². The Hall–Kier alpha value is -3.65. The molecule has 0 aliphatic heterocycles. The number of thiazole rings is 1. The van der Waals surface area contributed by atoms with Crippen LogP contribution < -0.4 is 14.8 Å². The van der Waals surface area contributed by atoms with Gasteiger partial charge in [0.05, 0.1) is 19.4 Å². The lowest BCUT2D eigenvalue weighted by Gasteiger charge is -2.11. The Morgan fingerprint density at radius 3 is 2.62 bits per heavy atom. The molecule has 3 rings (SSSR count). The van der Waals surface area contributed by atoms with Gasteiger partial charge in [-0.15, -0.1) is 6.58 Å². The minimum Gasteiger partial charge on any atom is -0.493 e. The van der Waals surface area contributed by atoms with E-state index in [1.54, 1.807) is 19.1 Å². The molecule has 2 aromatic carbocycles. The van der Waals surface area contributed by atoms with Crippen LogP contribution in [0.4, 0.5) is 5.13 Å². The van der Waals surface area contributed by atoms with Crippen LogP contribution in [0.25, 0.3) is 11.3 Å². The number of hydrogen-bond donors (Lipinski definition) is 1. The number of aromatic nitrogens is 1. The minimum atomic E-state index is -0.482. The Bertz CT molecular complexity index is 1100. The maximum absolute atomic E-state index is 12.5. The van der Waals surface area contributed by atoms with E-state index >= 15 is 0 Å². The molecular formula is C24H24N2O5S. The van der Waals surface area contributed by atoms with Crippen molar-refractivity contribution in [3.05, 3.63) is 71.6 Å². The van der Waals surface area contributed by atoms with E-state index in [4.69, 9.17) is 14.2 Å². The predicted molar refractivity (Wildman–Crippen MR) is 125 cm³/mol. The summed E-state index contributed by atoms with van der Waals surface area (Å²) >= 11 is 1.06. The van der Waals surface area contributed by atoms with Gasteiger partial charge in [-0.1, -0.05) is 53.8 Å². The van der Waals surface area contributed by atoms with Gasteiger partial charge in [0.1, 0.15) is 4.88 Å². The lowest BCUT2D eigenvalue weighted by molar-refractivity contribution is -0.118. The molecule has 0 bridgehead atoms. The summed E-state index contributed by atoms with van der Waals surface area (Å²) in [5.74, 6) is 0.0880. The van der Waals surface area contributed by atoms with Gasteiger partial charge >= 0.3 is 5.97 Å². The second-order valence-corrected chi connectivity index (χ2v) is 7.60. The first-order valence-electron chi connectivity index (χ1n) is 9.99. The van der Waals surface area contributed by atoms with Gasteiger partial charge in [-0.2, -0.15) is 0 Å². The molecule has 0 aliphatic rings. The number of carbonyl (C=O) groups is 2. The third kappa shape index (κ3) is 5.73. The smallest absolute Gasteiger partial charge is 0.350 e. The van der Waals surface area contributed by atoms with Gasteiger partial charge in [0, 0.05) is 5.56 Å². The minimum absolute atomic E-state index is 0.244. The highest BCUT2D eigenvalue weighted by molar-refractivity contribution is 7.18. The molecule has 0 saturated carbocycles. The number of amides is 1. The number of anilines is 1. The maximum atomic E-state index is 12.5. The van der Waals surface area contributed by atoms with Gasteiger partial charge in [-0.3, -0.25) is 10.1 Å². The van der Waals surface area contributed by atoms with Crippen LogP contribution in [0.2, 0.25) is 0 Å². The lowest BCUT2D eigenvalue weighted by Crippen LogP contribution is -2.20. The molecule has 1 amide bonds. The largest absolute Gasteiger partial charge is 0.493 e. The van der Waals surface area contributed by atoms with Gasteiger partial charge in [-0.25, -0.2) is 9.78 Å². The van der Waals surface area contributed by atoms with Crippen LogP contribution in [0.15, 0.2) is 61.2 Å².